The van der Waals surface area contributed by atoms with Crippen LogP contribution in [0.15, 0.2) is 18.7 Å². The van der Waals surface area contributed by atoms with Gasteiger partial charge in [-0.1, -0.05) is 24.3 Å². The van der Waals surface area contributed by atoms with E-state index in [0.29, 0.717) is 21.9 Å². The van der Waals surface area contributed by atoms with E-state index in [1.54, 1.807) is 12.1 Å². The number of carbonyl (C=O) groups is 1. The van der Waals surface area contributed by atoms with Crippen molar-refractivity contribution in [1.29, 1.82) is 0 Å². The first-order valence-electron chi connectivity index (χ1n) is 4.22. The lowest BCUT2D eigenvalue weighted by Gasteiger charge is -2.09. The fourth-order valence-electron chi connectivity index (χ4n) is 1.16. The largest absolute Gasteiger partial charge is 0.496 e. The molecular formula is C11H11ClO3. The van der Waals surface area contributed by atoms with Crippen molar-refractivity contribution in [2.24, 2.45) is 0 Å². The zero-order valence-electron chi connectivity index (χ0n) is 8.54. The molecule has 0 aliphatic rings. The van der Waals surface area contributed by atoms with Gasteiger partial charge >= 0.3 is 5.97 Å². The third-order valence-electron chi connectivity index (χ3n) is 1.94. The maximum Gasteiger partial charge on any atom is 0.341 e. The van der Waals surface area contributed by atoms with Crippen LogP contribution < -0.4 is 4.74 Å². The fourth-order valence-corrected chi connectivity index (χ4v) is 1.40. The summed E-state index contributed by atoms with van der Waals surface area (Å²) in [5.41, 5.74) is 1.01. The van der Waals surface area contributed by atoms with Gasteiger partial charge < -0.3 is 9.47 Å². The summed E-state index contributed by atoms with van der Waals surface area (Å²) < 4.78 is 9.66. The van der Waals surface area contributed by atoms with E-state index in [0.717, 1.165) is 0 Å². The molecule has 15 heavy (non-hydrogen) atoms. The Hall–Kier alpha value is -1.48. The Labute approximate surface area is 93.3 Å². The quantitative estimate of drug-likeness (QED) is 0.744. The second-order valence-electron chi connectivity index (χ2n) is 2.77. The molecular weight excluding hydrogens is 216 g/mol. The monoisotopic (exact) mass is 226 g/mol. The lowest BCUT2D eigenvalue weighted by atomic mass is 10.1. The molecule has 0 bridgehead atoms. The van der Waals surface area contributed by atoms with Crippen LogP contribution >= 0.6 is 11.6 Å². The maximum absolute atomic E-state index is 11.4. The molecule has 1 aromatic rings. The molecule has 3 nitrogen and oxygen atoms in total. The van der Waals surface area contributed by atoms with E-state index in [9.17, 15) is 4.79 Å². The summed E-state index contributed by atoms with van der Waals surface area (Å²) in [6, 6.07) is 3.14. The number of methoxy groups -OCH3 is 2. The second kappa shape index (κ2) is 4.84. The van der Waals surface area contributed by atoms with E-state index in [2.05, 4.69) is 11.3 Å². The summed E-state index contributed by atoms with van der Waals surface area (Å²) in [6.45, 7) is 3.61. The standard InChI is InChI=1S/C11H11ClO3/c1-4-7-5-10(14-2)8(6-9(7)12)11(13)15-3/h4-6H,1H2,2-3H3. The van der Waals surface area contributed by atoms with Gasteiger partial charge in [0.15, 0.2) is 0 Å². The van der Waals surface area contributed by atoms with Crippen LogP contribution in [0.2, 0.25) is 5.02 Å². The maximum atomic E-state index is 11.4. The van der Waals surface area contributed by atoms with Crippen molar-refractivity contribution in [3.63, 3.8) is 0 Å². The van der Waals surface area contributed by atoms with Gasteiger partial charge in [-0.05, 0) is 17.7 Å². The molecule has 0 heterocycles. The normalized spacial score (nSPS) is 9.53. The summed E-state index contributed by atoms with van der Waals surface area (Å²) in [5.74, 6) is -0.0643. The minimum Gasteiger partial charge on any atom is -0.496 e. The van der Waals surface area contributed by atoms with Crippen molar-refractivity contribution in [2.45, 2.75) is 0 Å². The minimum absolute atomic E-state index is 0.301. The fraction of sp³-hybridized carbons (Fsp3) is 0.182. The molecule has 0 amide bonds. The van der Waals surface area contributed by atoms with E-state index < -0.39 is 5.97 Å². The molecule has 0 unspecified atom stereocenters. The van der Waals surface area contributed by atoms with E-state index in [1.165, 1.54) is 20.3 Å². The average molecular weight is 227 g/mol. The molecule has 0 aliphatic heterocycles. The van der Waals surface area contributed by atoms with Crippen molar-refractivity contribution < 1.29 is 14.3 Å². The van der Waals surface area contributed by atoms with Gasteiger partial charge in [0.1, 0.15) is 11.3 Å². The van der Waals surface area contributed by atoms with Crippen LogP contribution in [-0.2, 0) is 4.74 Å². The van der Waals surface area contributed by atoms with Gasteiger partial charge in [-0.3, -0.25) is 0 Å². The van der Waals surface area contributed by atoms with Crippen LogP contribution in [0.5, 0.6) is 5.75 Å². The molecule has 0 saturated carbocycles. The van der Waals surface area contributed by atoms with Crippen molar-refractivity contribution in [1.82, 2.24) is 0 Å². The van der Waals surface area contributed by atoms with Gasteiger partial charge in [0.05, 0.1) is 14.2 Å². The molecule has 0 aromatic heterocycles. The Morgan fingerprint density at radius 3 is 2.60 bits per heavy atom. The molecule has 0 atom stereocenters. The highest BCUT2D eigenvalue weighted by Crippen LogP contribution is 2.28. The molecule has 0 fully saturated rings. The summed E-state index contributed by atoms with van der Waals surface area (Å²) in [5, 5.41) is 0.436. The molecule has 0 spiro atoms. The smallest absolute Gasteiger partial charge is 0.341 e. The van der Waals surface area contributed by atoms with E-state index in [4.69, 9.17) is 16.3 Å². The lowest BCUT2D eigenvalue weighted by molar-refractivity contribution is 0.0597. The number of esters is 1. The Morgan fingerprint density at radius 1 is 1.47 bits per heavy atom. The lowest BCUT2D eigenvalue weighted by Crippen LogP contribution is -2.04. The Bertz CT molecular complexity index is 399. The number of carbonyl (C=O) groups excluding carboxylic acids is 1. The highest BCUT2D eigenvalue weighted by molar-refractivity contribution is 6.32. The second-order valence-corrected chi connectivity index (χ2v) is 3.18. The number of halogens is 1. The number of hydrogen-bond acceptors (Lipinski definition) is 3. The Morgan fingerprint density at radius 2 is 2.13 bits per heavy atom. The molecule has 0 saturated heterocycles. The Kier molecular flexibility index (Phi) is 3.74. The first kappa shape index (κ1) is 11.6. The van der Waals surface area contributed by atoms with Gasteiger partial charge in [0.2, 0.25) is 0 Å². The summed E-state index contributed by atoms with van der Waals surface area (Å²) >= 11 is 5.92. The van der Waals surface area contributed by atoms with Gasteiger partial charge in [0, 0.05) is 5.02 Å². The predicted octanol–water partition coefficient (Wildman–Crippen LogP) is 2.78. The molecule has 1 aromatic carbocycles. The molecule has 80 valence electrons. The van der Waals surface area contributed by atoms with Crippen LogP contribution in [-0.4, -0.2) is 20.2 Å². The third-order valence-corrected chi connectivity index (χ3v) is 2.27. The zero-order chi connectivity index (χ0) is 11.4. The molecule has 4 heteroatoms. The molecule has 0 aliphatic carbocycles. The third kappa shape index (κ3) is 2.30. The number of benzene rings is 1. The van der Waals surface area contributed by atoms with Crippen molar-refractivity contribution >= 4 is 23.6 Å². The summed E-state index contributed by atoms with van der Waals surface area (Å²) in [7, 11) is 2.78. The van der Waals surface area contributed by atoms with Crippen molar-refractivity contribution in [2.75, 3.05) is 14.2 Å². The van der Waals surface area contributed by atoms with Gasteiger partial charge in [-0.25, -0.2) is 4.79 Å². The molecule has 0 N–H and O–H groups in total. The van der Waals surface area contributed by atoms with Crippen LogP contribution in [0.3, 0.4) is 0 Å². The minimum atomic E-state index is -0.482. The first-order chi connectivity index (χ1) is 7.13. The van der Waals surface area contributed by atoms with E-state index in [1.807, 2.05) is 0 Å². The number of hydrogen-bond donors (Lipinski definition) is 0. The number of rotatable bonds is 3. The van der Waals surface area contributed by atoms with Crippen LogP contribution in [0.25, 0.3) is 6.08 Å². The topological polar surface area (TPSA) is 35.5 Å². The van der Waals surface area contributed by atoms with Gasteiger partial charge in [-0.15, -0.1) is 0 Å². The SMILES string of the molecule is C=Cc1cc(OC)c(C(=O)OC)cc1Cl. The van der Waals surface area contributed by atoms with E-state index >= 15 is 0 Å². The van der Waals surface area contributed by atoms with Crippen molar-refractivity contribution in [3.8, 4) is 5.75 Å². The van der Waals surface area contributed by atoms with Crippen LogP contribution in [0.4, 0.5) is 0 Å². The van der Waals surface area contributed by atoms with E-state index in [-0.39, 0.29) is 0 Å². The zero-order valence-corrected chi connectivity index (χ0v) is 9.30. The summed E-state index contributed by atoms with van der Waals surface area (Å²) in [6.07, 6.45) is 1.59. The average Bonchev–Trinajstić information content (AvgIpc) is 2.27. The van der Waals surface area contributed by atoms with Gasteiger partial charge in [-0.2, -0.15) is 0 Å². The first-order valence-corrected chi connectivity index (χ1v) is 4.60. The Balaban J connectivity index is 3.33. The predicted molar refractivity (Wildman–Crippen MR) is 59.4 cm³/mol. The van der Waals surface area contributed by atoms with Gasteiger partial charge in [0.25, 0.3) is 0 Å². The highest BCUT2D eigenvalue weighted by Gasteiger charge is 2.14. The molecule has 1 rings (SSSR count). The van der Waals surface area contributed by atoms with Crippen molar-refractivity contribution in [3.05, 3.63) is 34.9 Å². The highest BCUT2D eigenvalue weighted by atomic mass is 35.5. The summed E-state index contributed by atoms with van der Waals surface area (Å²) in [4.78, 5) is 11.4. The molecule has 0 radical (unpaired) electrons. The van der Waals surface area contributed by atoms with Crippen LogP contribution in [0, 0.1) is 0 Å². The van der Waals surface area contributed by atoms with Crippen LogP contribution in [0.1, 0.15) is 15.9 Å². The number of ether oxygens (including phenoxy) is 2.